The van der Waals surface area contributed by atoms with E-state index in [1.165, 1.54) is 0 Å². The molecule has 3 heterocycles. The van der Waals surface area contributed by atoms with Crippen LogP contribution in [0.3, 0.4) is 0 Å². The number of nitrogens with one attached hydrogen (secondary N) is 1. The third kappa shape index (κ3) is 4.34. The number of carbonyl (C=O) groups is 1. The Labute approximate surface area is 161 Å². The van der Waals surface area contributed by atoms with Gasteiger partial charge in [0.05, 0.1) is 27.5 Å². The van der Waals surface area contributed by atoms with Gasteiger partial charge in [0.1, 0.15) is 5.60 Å². The number of amides is 1. The lowest BCUT2D eigenvalue weighted by atomic mass is 10.2. The van der Waals surface area contributed by atoms with Gasteiger partial charge in [-0.2, -0.15) is 5.10 Å². The maximum atomic E-state index is 11.8. The molecule has 3 rings (SSSR count). The zero-order chi connectivity index (χ0) is 18.9. The van der Waals surface area contributed by atoms with Crippen LogP contribution in [0, 0.1) is 0 Å². The summed E-state index contributed by atoms with van der Waals surface area (Å²) < 4.78 is 8.04. The Morgan fingerprint density at radius 3 is 2.92 bits per heavy atom. The van der Waals surface area contributed by atoms with Crippen molar-refractivity contribution < 1.29 is 9.53 Å². The molecule has 0 saturated carbocycles. The fourth-order valence-electron chi connectivity index (χ4n) is 2.39. The van der Waals surface area contributed by atoms with Crippen LogP contribution in [0.1, 0.15) is 33.7 Å². The highest BCUT2D eigenvalue weighted by atomic mass is 35.5. The topological polar surface area (TPSA) is 69.0 Å². The van der Waals surface area contributed by atoms with Gasteiger partial charge in [0, 0.05) is 29.4 Å². The van der Waals surface area contributed by atoms with E-state index in [0.717, 1.165) is 20.7 Å². The molecule has 26 heavy (non-hydrogen) atoms. The van der Waals surface area contributed by atoms with E-state index in [-0.39, 0.29) is 6.04 Å². The van der Waals surface area contributed by atoms with Gasteiger partial charge in [0.15, 0.2) is 0 Å². The van der Waals surface area contributed by atoms with E-state index in [0.29, 0.717) is 11.6 Å². The van der Waals surface area contributed by atoms with Gasteiger partial charge in [-0.05, 0) is 39.8 Å². The predicted molar refractivity (Wildman–Crippen MR) is 105 cm³/mol. The van der Waals surface area contributed by atoms with Crippen LogP contribution in [-0.4, -0.2) is 33.0 Å². The van der Waals surface area contributed by atoms with Crippen molar-refractivity contribution in [3.8, 4) is 10.4 Å². The summed E-state index contributed by atoms with van der Waals surface area (Å²) in [5.41, 5.74) is 1.36. The number of halogens is 1. The molecule has 3 aromatic rings. The van der Waals surface area contributed by atoms with Crippen LogP contribution < -0.4 is 5.32 Å². The third-order valence-corrected chi connectivity index (χ3v) is 5.28. The van der Waals surface area contributed by atoms with Crippen LogP contribution in [-0.2, 0) is 4.74 Å². The molecule has 8 heteroatoms. The molecule has 138 valence electrons. The number of aromatic nitrogens is 3. The normalized spacial score (nSPS) is 13.0. The van der Waals surface area contributed by atoms with Crippen molar-refractivity contribution in [2.24, 2.45) is 0 Å². The van der Waals surface area contributed by atoms with Crippen molar-refractivity contribution >= 4 is 39.2 Å². The van der Waals surface area contributed by atoms with Gasteiger partial charge < -0.3 is 10.1 Å². The number of hydrogen-bond donors (Lipinski definition) is 1. The first kappa shape index (κ1) is 18.7. The average molecular weight is 393 g/mol. The minimum Gasteiger partial charge on any atom is -0.444 e. The Bertz CT molecular complexity index is 929. The highest BCUT2D eigenvalue weighted by Crippen LogP contribution is 2.36. The summed E-state index contributed by atoms with van der Waals surface area (Å²) in [7, 11) is 0. The molecular formula is C18H21ClN4O2S. The molecule has 1 atom stereocenters. The van der Waals surface area contributed by atoms with E-state index in [1.54, 1.807) is 23.6 Å². The van der Waals surface area contributed by atoms with Crippen molar-refractivity contribution in [3.05, 3.63) is 35.7 Å². The molecule has 0 saturated heterocycles. The smallest absolute Gasteiger partial charge is 0.407 e. The number of alkyl carbamates (subject to hydrolysis) is 1. The molecule has 0 bridgehead atoms. The van der Waals surface area contributed by atoms with Crippen LogP contribution in [0.5, 0.6) is 0 Å². The summed E-state index contributed by atoms with van der Waals surface area (Å²) in [4.78, 5) is 17.2. The number of pyridine rings is 1. The predicted octanol–water partition coefficient (Wildman–Crippen LogP) is 4.90. The number of hydrogen-bond acceptors (Lipinski definition) is 5. The number of thiophene rings is 1. The maximum absolute atomic E-state index is 11.8. The second kappa shape index (κ2) is 7.25. The Balaban J connectivity index is 1.68. The molecule has 0 aliphatic heterocycles. The molecule has 0 aliphatic carbocycles. The van der Waals surface area contributed by atoms with Gasteiger partial charge in [-0.3, -0.25) is 9.67 Å². The number of carbonyl (C=O) groups excluding carboxylic acids is 1. The second-order valence-corrected chi connectivity index (χ2v) is 8.52. The first-order chi connectivity index (χ1) is 12.2. The molecule has 1 unspecified atom stereocenters. The van der Waals surface area contributed by atoms with Gasteiger partial charge in [-0.15, -0.1) is 11.3 Å². The van der Waals surface area contributed by atoms with Gasteiger partial charge in [-0.25, -0.2) is 4.79 Å². The Hall–Kier alpha value is -2.12. The Kier molecular flexibility index (Phi) is 5.20. The average Bonchev–Trinajstić information content (AvgIpc) is 3.18. The maximum Gasteiger partial charge on any atom is 0.407 e. The largest absolute Gasteiger partial charge is 0.444 e. The standard InChI is InChI=1S/C18H21ClN4O2S/c1-11(8-21-17(24)25-18(2,3)4)23-10-12(9-22-23)15-7-14-16(26-15)13(19)5-6-20-14/h5-7,9-11H,8H2,1-4H3,(H,21,24). The summed E-state index contributed by atoms with van der Waals surface area (Å²) in [6.45, 7) is 7.92. The second-order valence-electron chi connectivity index (χ2n) is 7.06. The number of rotatable bonds is 4. The van der Waals surface area contributed by atoms with Crippen LogP contribution in [0.15, 0.2) is 30.7 Å². The van der Waals surface area contributed by atoms with Crippen LogP contribution >= 0.6 is 22.9 Å². The quantitative estimate of drug-likeness (QED) is 0.685. The zero-order valence-electron chi connectivity index (χ0n) is 15.1. The Morgan fingerprint density at radius 2 is 2.23 bits per heavy atom. The fraction of sp³-hybridized carbons (Fsp3) is 0.389. The zero-order valence-corrected chi connectivity index (χ0v) is 16.7. The van der Waals surface area contributed by atoms with E-state index in [9.17, 15) is 4.79 Å². The number of nitrogens with zero attached hydrogens (tertiary/aromatic N) is 3. The molecule has 1 amide bonds. The lowest BCUT2D eigenvalue weighted by Crippen LogP contribution is -2.35. The van der Waals surface area contributed by atoms with E-state index in [2.05, 4.69) is 15.4 Å². The van der Waals surface area contributed by atoms with E-state index in [1.807, 2.05) is 50.8 Å². The van der Waals surface area contributed by atoms with E-state index < -0.39 is 11.7 Å². The molecule has 0 radical (unpaired) electrons. The minimum atomic E-state index is -0.511. The van der Waals surface area contributed by atoms with Gasteiger partial charge in [0.2, 0.25) is 0 Å². The first-order valence-corrected chi connectivity index (χ1v) is 9.48. The van der Waals surface area contributed by atoms with Crippen LogP contribution in [0.4, 0.5) is 4.79 Å². The lowest BCUT2D eigenvalue weighted by molar-refractivity contribution is 0.0520. The number of fused-ring (bicyclic) bond motifs is 1. The van der Waals surface area contributed by atoms with Gasteiger partial charge in [0.25, 0.3) is 0 Å². The summed E-state index contributed by atoms with van der Waals surface area (Å²) in [5, 5.41) is 7.89. The molecule has 0 spiro atoms. The molecule has 0 aromatic carbocycles. The summed E-state index contributed by atoms with van der Waals surface area (Å²) in [5.74, 6) is 0. The molecule has 3 aromatic heterocycles. The van der Waals surface area contributed by atoms with Crippen molar-refractivity contribution in [2.45, 2.75) is 39.3 Å². The highest BCUT2D eigenvalue weighted by molar-refractivity contribution is 7.22. The molecule has 6 nitrogen and oxygen atoms in total. The summed E-state index contributed by atoms with van der Waals surface area (Å²) in [6.07, 6.45) is 5.04. The van der Waals surface area contributed by atoms with Crippen molar-refractivity contribution in [1.82, 2.24) is 20.1 Å². The van der Waals surface area contributed by atoms with Crippen molar-refractivity contribution in [3.63, 3.8) is 0 Å². The van der Waals surface area contributed by atoms with Crippen molar-refractivity contribution in [1.29, 1.82) is 0 Å². The van der Waals surface area contributed by atoms with Crippen molar-refractivity contribution in [2.75, 3.05) is 6.54 Å². The lowest BCUT2D eigenvalue weighted by Gasteiger charge is -2.20. The molecule has 0 aliphatic rings. The highest BCUT2D eigenvalue weighted by Gasteiger charge is 2.17. The van der Waals surface area contributed by atoms with E-state index in [4.69, 9.17) is 16.3 Å². The summed E-state index contributed by atoms with van der Waals surface area (Å²) in [6, 6.07) is 3.79. The Morgan fingerprint density at radius 1 is 1.46 bits per heavy atom. The first-order valence-electron chi connectivity index (χ1n) is 8.28. The monoisotopic (exact) mass is 392 g/mol. The molecule has 1 N–H and O–H groups in total. The summed E-state index contributed by atoms with van der Waals surface area (Å²) >= 11 is 7.82. The van der Waals surface area contributed by atoms with Crippen LogP contribution in [0.2, 0.25) is 5.02 Å². The van der Waals surface area contributed by atoms with Gasteiger partial charge in [-0.1, -0.05) is 11.6 Å². The third-order valence-electron chi connectivity index (χ3n) is 3.64. The fourth-order valence-corrected chi connectivity index (χ4v) is 3.66. The SMILES string of the molecule is CC(CNC(=O)OC(C)(C)C)n1cc(-c2cc3nccc(Cl)c3s2)cn1. The van der Waals surface area contributed by atoms with Gasteiger partial charge >= 0.3 is 6.09 Å². The van der Waals surface area contributed by atoms with Crippen LogP contribution in [0.25, 0.3) is 20.7 Å². The molecular weight excluding hydrogens is 372 g/mol. The number of ether oxygens (including phenoxy) is 1. The minimum absolute atomic E-state index is 0.00707. The molecule has 0 fully saturated rings. The van der Waals surface area contributed by atoms with E-state index >= 15 is 0 Å².